The van der Waals surface area contributed by atoms with E-state index in [9.17, 15) is 0 Å². The average Bonchev–Trinajstić information content (AvgIpc) is 2.59. The summed E-state index contributed by atoms with van der Waals surface area (Å²) in [7, 11) is 0. The second-order valence-corrected chi connectivity index (χ2v) is 4.70. The maximum atomic E-state index is 6.17. The molecule has 0 nitrogen and oxygen atoms in total. The van der Waals surface area contributed by atoms with E-state index in [1.807, 2.05) is 0 Å². The molecule has 0 saturated carbocycles. The molecule has 0 radical (unpaired) electrons. The van der Waals surface area contributed by atoms with Crippen molar-refractivity contribution in [3.05, 3.63) is 35.2 Å². The molecule has 0 saturated heterocycles. The third-order valence-electron chi connectivity index (χ3n) is 2.11. The molecule has 0 spiro atoms. The van der Waals surface area contributed by atoms with Crippen molar-refractivity contribution in [3.63, 3.8) is 0 Å². The van der Waals surface area contributed by atoms with Crippen molar-refractivity contribution in [1.29, 1.82) is 0 Å². The minimum Gasteiger partial charge on any atom is -0.139 e. The molecule has 0 aliphatic heterocycles. The van der Waals surface area contributed by atoms with Crippen LogP contribution in [0, 0.1) is 0 Å². The fourth-order valence-electron chi connectivity index (χ4n) is 1.36. The molecular weight excluding hydrogens is 200 g/mol. The highest BCUT2D eigenvalue weighted by Gasteiger charge is 2.08. The molecular formula is C11H11ClS. The molecule has 68 valence electrons. The molecule has 1 aromatic carbocycles. The minimum atomic E-state index is 0.178. The zero-order valence-electron chi connectivity index (χ0n) is 7.46. The molecule has 2 heteroatoms. The number of alkyl halides is 1. The summed E-state index contributed by atoms with van der Waals surface area (Å²) in [6, 6.07) is 10.6. The highest BCUT2D eigenvalue weighted by atomic mass is 35.5. The van der Waals surface area contributed by atoms with Gasteiger partial charge in [0.2, 0.25) is 0 Å². The standard InChI is InChI=1S/C11H11ClS/c1-2-9(12)11-7-8-5-3-4-6-10(8)13-11/h3-7,9H,2H2,1H3. The van der Waals surface area contributed by atoms with Crippen molar-refractivity contribution in [2.24, 2.45) is 0 Å². The van der Waals surface area contributed by atoms with Gasteiger partial charge in [0.25, 0.3) is 0 Å². The molecule has 0 bridgehead atoms. The Kier molecular flexibility index (Phi) is 2.56. The molecule has 0 aliphatic carbocycles. The summed E-state index contributed by atoms with van der Waals surface area (Å²) >= 11 is 7.97. The predicted octanol–water partition coefficient (Wildman–Crippen LogP) is 4.59. The predicted molar refractivity (Wildman–Crippen MR) is 60.7 cm³/mol. The van der Waals surface area contributed by atoms with E-state index in [2.05, 4.69) is 37.3 Å². The van der Waals surface area contributed by atoms with Crippen LogP contribution in [0.4, 0.5) is 0 Å². The smallest absolute Gasteiger partial charge is 0.0676 e. The van der Waals surface area contributed by atoms with Crippen molar-refractivity contribution in [2.45, 2.75) is 18.7 Å². The van der Waals surface area contributed by atoms with E-state index < -0.39 is 0 Å². The summed E-state index contributed by atoms with van der Waals surface area (Å²) in [6.07, 6.45) is 0.994. The van der Waals surface area contributed by atoms with Crippen LogP contribution in [-0.4, -0.2) is 0 Å². The fraction of sp³-hybridized carbons (Fsp3) is 0.273. The van der Waals surface area contributed by atoms with Crippen molar-refractivity contribution < 1.29 is 0 Å². The van der Waals surface area contributed by atoms with Gasteiger partial charge in [-0.05, 0) is 23.9 Å². The molecule has 1 atom stereocenters. The Morgan fingerprint density at radius 3 is 2.85 bits per heavy atom. The lowest BCUT2D eigenvalue weighted by Crippen LogP contribution is -1.80. The van der Waals surface area contributed by atoms with E-state index in [-0.39, 0.29) is 5.38 Å². The van der Waals surface area contributed by atoms with Gasteiger partial charge in [0.1, 0.15) is 0 Å². The van der Waals surface area contributed by atoms with E-state index in [0.29, 0.717) is 0 Å². The number of hydrogen-bond acceptors (Lipinski definition) is 1. The zero-order valence-corrected chi connectivity index (χ0v) is 9.03. The number of fused-ring (bicyclic) bond motifs is 1. The third kappa shape index (κ3) is 1.72. The summed E-state index contributed by atoms with van der Waals surface area (Å²) < 4.78 is 1.33. The van der Waals surface area contributed by atoms with Gasteiger partial charge in [-0.2, -0.15) is 0 Å². The van der Waals surface area contributed by atoms with E-state index >= 15 is 0 Å². The van der Waals surface area contributed by atoms with Crippen LogP contribution in [0.5, 0.6) is 0 Å². The molecule has 2 rings (SSSR count). The van der Waals surface area contributed by atoms with Crippen LogP contribution >= 0.6 is 22.9 Å². The van der Waals surface area contributed by atoms with Gasteiger partial charge in [-0.25, -0.2) is 0 Å². The van der Waals surface area contributed by atoms with E-state index in [4.69, 9.17) is 11.6 Å². The van der Waals surface area contributed by atoms with Crippen molar-refractivity contribution in [2.75, 3.05) is 0 Å². The highest BCUT2D eigenvalue weighted by molar-refractivity contribution is 7.19. The van der Waals surface area contributed by atoms with Crippen molar-refractivity contribution in [3.8, 4) is 0 Å². The molecule has 0 N–H and O–H groups in total. The molecule has 1 aromatic heterocycles. The van der Waals surface area contributed by atoms with Crippen LogP contribution < -0.4 is 0 Å². The highest BCUT2D eigenvalue weighted by Crippen LogP contribution is 2.34. The first kappa shape index (κ1) is 9.04. The van der Waals surface area contributed by atoms with Gasteiger partial charge >= 0.3 is 0 Å². The van der Waals surface area contributed by atoms with E-state index in [1.54, 1.807) is 11.3 Å². The zero-order chi connectivity index (χ0) is 9.26. The summed E-state index contributed by atoms with van der Waals surface area (Å²) in [6.45, 7) is 2.11. The molecule has 2 aromatic rings. The number of rotatable bonds is 2. The molecule has 0 aliphatic rings. The lowest BCUT2D eigenvalue weighted by molar-refractivity contribution is 0.902. The van der Waals surface area contributed by atoms with Gasteiger partial charge in [0, 0.05) is 9.58 Å². The van der Waals surface area contributed by atoms with Gasteiger partial charge < -0.3 is 0 Å². The Morgan fingerprint density at radius 1 is 1.38 bits per heavy atom. The number of benzene rings is 1. The number of halogens is 1. The quantitative estimate of drug-likeness (QED) is 0.636. The van der Waals surface area contributed by atoms with E-state index in [1.165, 1.54) is 15.0 Å². The fourth-order valence-corrected chi connectivity index (χ4v) is 2.68. The van der Waals surface area contributed by atoms with Crippen molar-refractivity contribution >= 4 is 33.0 Å². The first-order valence-electron chi connectivity index (χ1n) is 4.44. The Balaban J connectivity index is 2.49. The topological polar surface area (TPSA) is 0 Å². The largest absolute Gasteiger partial charge is 0.139 e. The number of thiophene rings is 1. The number of hydrogen-bond donors (Lipinski definition) is 0. The molecule has 1 unspecified atom stereocenters. The van der Waals surface area contributed by atoms with Gasteiger partial charge in [0.15, 0.2) is 0 Å². The van der Waals surface area contributed by atoms with Crippen LogP contribution in [0.2, 0.25) is 0 Å². The monoisotopic (exact) mass is 210 g/mol. The Morgan fingerprint density at radius 2 is 2.15 bits per heavy atom. The average molecular weight is 211 g/mol. The third-order valence-corrected chi connectivity index (χ3v) is 4.01. The second kappa shape index (κ2) is 3.69. The summed E-state index contributed by atoms with van der Waals surface area (Å²) in [5.41, 5.74) is 0. The van der Waals surface area contributed by atoms with Gasteiger partial charge in [-0.1, -0.05) is 25.1 Å². The van der Waals surface area contributed by atoms with Gasteiger partial charge in [-0.15, -0.1) is 22.9 Å². The maximum absolute atomic E-state index is 6.17. The van der Waals surface area contributed by atoms with Crippen molar-refractivity contribution in [1.82, 2.24) is 0 Å². The molecule has 1 heterocycles. The second-order valence-electron chi connectivity index (χ2n) is 3.06. The van der Waals surface area contributed by atoms with Gasteiger partial charge in [0.05, 0.1) is 5.38 Å². The Hall–Kier alpha value is -0.530. The SMILES string of the molecule is CCC(Cl)c1cc2ccccc2s1. The maximum Gasteiger partial charge on any atom is 0.0676 e. The normalized spacial score (nSPS) is 13.4. The van der Waals surface area contributed by atoms with Crippen LogP contribution in [0.15, 0.2) is 30.3 Å². The molecule has 0 fully saturated rings. The van der Waals surface area contributed by atoms with Crippen LogP contribution in [0.25, 0.3) is 10.1 Å². The Labute approximate surface area is 87.2 Å². The minimum absolute atomic E-state index is 0.178. The summed E-state index contributed by atoms with van der Waals surface area (Å²) in [5, 5.41) is 1.49. The Bertz CT molecular complexity index is 372. The summed E-state index contributed by atoms with van der Waals surface area (Å²) in [5.74, 6) is 0. The lowest BCUT2D eigenvalue weighted by atomic mass is 10.2. The van der Waals surface area contributed by atoms with Gasteiger partial charge in [-0.3, -0.25) is 0 Å². The molecule has 13 heavy (non-hydrogen) atoms. The van der Waals surface area contributed by atoms with Crippen LogP contribution in [0.1, 0.15) is 23.6 Å². The summed E-state index contributed by atoms with van der Waals surface area (Å²) in [4.78, 5) is 1.28. The first-order chi connectivity index (χ1) is 6.31. The van der Waals surface area contributed by atoms with Crippen LogP contribution in [-0.2, 0) is 0 Å². The van der Waals surface area contributed by atoms with E-state index in [0.717, 1.165) is 6.42 Å². The molecule has 0 amide bonds. The lowest BCUT2D eigenvalue weighted by Gasteiger charge is -1.99. The first-order valence-corrected chi connectivity index (χ1v) is 5.69. The van der Waals surface area contributed by atoms with Crippen LogP contribution in [0.3, 0.4) is 0 Å².